The maximum absolute atomic E-state index is 12.5. The molecule has 15 nitrogen and oxygen atoms in total. The SMILES string of the molecule is Nc1cc(Nc2ccccc2)cc(Nc2ccc(C=Cc3ccc(Nc4nc(N)nc(Nc5ccccc5)n4)cc3S(=O)(=O)O)c(S(=O)(=O)O)c2)c1. The average Bonchev–Trinajstić information content (AvgIpc) is 3.07. The van der Waals surface area contributed by atoms with Crippen molar-refractivity contribution in [2.75, 3.05) is 32.7 Å². The van der Waals surface area contributed by atoms with Gasteiger partial charge in [0.15, 0.2) is 0 Å². The van der Waals surface area contributed by atoms with E-state index < -0.39 is 30.0 Å². The summed E-state index contributed by atoms with van der Waals surface area (Å²) in [5.74, 6) is 0.00673. The van der Waals surface area contributed by atoms with Crippen LogP contribution in [0.3, 0.4) is 0 Å². The number of nitrogens with two attached hydrogens (primary N) is 2. The summed E-state index contributed by atoms with van der Waals surface area (Å²) in [5.41, 5.74) is 15.7. The van der Waals surface area contributed by atoms with Gasteiger partial charge in [-0.15, -0.1) is 0 Å². The van der Waals surface area contributed by atoms with Crippen LogP contribution in [0.25, 0.3) is 12.2 Å². The van der Waals surface area contributed by atoms with E-state index in [0.717, 1.165) is 11.8 Å². The van der Waals surface area contributed by atoms with Crippen molar-refractivity contribution < 1.29 is 25.9 Å². The maximum atomic E-state index is 12.5. The average molecular weight is 738 g/mol. The highest BCUT2D eigenvalue weighted by Crippen LogP contribution is 2.30. The van der Waals surface area contributed by atoms with Crippen LogP contribution in [0.4, 0.5) is 57.7 Å². The van der Waals surface area contributed by atoms with Crippen molar-refractivity contribution in [3.63, 3.8) is 0 Å². The molecule has 0 aliphatic rings. The number of hydrogen-bond donors (Lipinski definition) is 8. The molecule has 0 radical (unpaired) electrons. The molecule has 5 aromatic carbocycles. The number of aromatic nitrogens is 3. The smallest absolute Gasteiger partial charge is 0.295 e. The van der Waals surface area contributed by atoms with Crippen molar-refractivity contribution in [2.24, 2.45) is 0 Å². The van der Waals surface area contributed by atoms with Gasteiger partial charge in [0.2, 0.25) is 17.8 Å². The number of para-hydroxylation sites is 2. The number of benzene rings is 5. The molecule has 52 heavy (non-hydrogen) atoms. The third-order valence-corrected chi connectivity index (χ3v) is 9.09. The quantitative estimate of drug-likeness (QED) is 0.0371. The van der Waals surface area contributed by atoms with Crippen molar-refractivity contribution in [2.45, 2.75) is 9.79 Å². The van der Waals surface area contributed by atoms with Gasteiger partial charge in [-0.05, 0) is 77.9 Å². The molecular formula is C35H31N9O6S2. The molecule has 0 unspecified atom stereocenters. The minimum absolute atomic E-state index is 0.0103. The molecule has 0 aliphatic heterocycles. The highest BCUT2D eigenvalue weighted by Gasteiger charge is 2.18. The molecule has 0 atom stereocenters. The van der Waals surface area contributed by atoms with Crippen molar-refractivity contribution >= 4 is 90.0 Å². The molecule has 0 fully saturated rings. The molecular weight excluding hydrogens is 707 g/mol. The van der Waals surface area contributed by atoms with Crippen molar-refractivity contribution in [3.05, 3.63) is 126 Å². The van der Waals surface area contributed by atoms with Gasteiger partial charge in [0.05, 0.1) is 0 Å². The largest absolute Gasteiger partial charge is 0.399 e. The van der Waals surface area contributed by atoms with E-state index in [1.165, 1.54) is 36.4 Å². The third-order valence-electron chi connectivity index (χ3n) is 7.27. The summed E-state index contributed by atoms with van der Waals surface area (Å²) < 4.78 is 70.0. The molecule has 0 saturated heterocycles. The van der Waals surface area contributed by atoms with Gasteiger partial charge in [-0.2, -0.15) is 31.8 Å². The Kier molecular flexibility index (Phi) is 10.0. The predicted molar refractivity (Wildman–Crippen MR) is 203 cm³/mol. The van der Waals surface area contributed by atoms with Crippen molar-refractivity contribution in [3.8, 4) is 0 Å². The van der Waals surface area contributed by atoms with E-state index in [-0.39, 0.29) is 34.7 Å². The van der Waals surface area contributed by atoms with Gasteiger partial charge in [-0.25, -0.2) is 0 Å². The standard InChI is InChI=1S/C35H31N9O6S2/c36-24-17-29(38-25-7-3-1-4-8-25)19-30(18-24)39-27-15-13-22(31(20-27)51(45,46)47)11-12-23-14-16-28(21-32(23)52(48,49)50)41-35-43-33(37)42-34(44-35)40-26-9-5-2-6-10-26/h1-21,38-39H,36H2,(H,45,46,47)(H,48,49,50)(H4,37,40,41,42,43,44). The summed E-state index contributed by atoms with van der Waals surface area (Å²) in [4.78, 5) is 11.4. The monoisotopic (exact) mass is 737 g/mol. The number of rotatable bonds is 12. The van der Waals surface area contributed by atoms with Crippen molar-refractivity contribution in [1.29, 1.82) is 0 Å². The number of nitrogen functional groups attached to an aromatic ring is 2. The third kappa shape index (κ3) is 9.17. The predicted octanol–water partition coefficient (Wildman–Crippen LogP) is 6.67. The Hall–Kier alpha value is -6.53. The van der Waals surface area contributed by atoms with Crippen LogP contribution >= 0.6 is 0 Å². The summed E-state index contributed by atoms with van der Waals surface area (Å²) in [6, 6.07) is 31.9. The van der Waals surface area contributed by atoms with Crippen LogP contribution in [0.2, 0.25) is 0 Å². The van der Waals surface area contributed by atoms with Crippen LogP contribution in [-0.4, -0.2) is 40.9 Å². The molecule has 0 amide bonds. The minimum Gasteiger partial charge on any atom is -0.399 e. The summed E-state index contributed by atoms with van der Waals surface area (Å²) >= 11 is 0. The summed E-state index contributed by atoms with van der Waals surface area (Å²) in [7, 11) is -9.55. The minimum atomic E-state index is -4.79. The Balaban J connectivity index is 1.25. The maximum Gasteiger partial charge on any atom is 0.295 e. The van der Waals surface area contributed by atoms with Crippen LogP contribution in [0.1, 0.15) is 11.1 Å². The zero-order valence-corrected chi connectivity index (χ0v) is 28.6. The molecule has 17 heteroatoms. The van der Waals surface area contributed by atoms with E-state index in [9.17, 15) is 25.9 Å². The van der Waals surface area contributed by atoms with Gasteiger partial charge in [-0.1, -0.05) is 60.7 Å². The molecule has 1 heterocycles. The Bertz CT molecular complexity index is 2330. The Morgan fingerprint density at radius 3 is 1.38 bits per heavy atom. The Morgan fingerprint density at radius 2 is 0.904 bits per heavy atom. The zero-order chi connectivity index (χ0) is 36.9. The lowest BCUT2D eigenvalue weighted by atomic mass is 10.1. The van der Waals surface area contributed by atoms with E-state index in [1.54, 1.807) is 36.4 Å². The van der Waals surface area contributed by atoms with E-state index in [2.05, 4.69) is 36.2 Å². The van der Waals surface area contributed by atoms with Gasteiger partial charge in [0, 0.05) is 39.8 Å². The first-order chi connectivity index (χ1) is 24.8. The molecule has 6 rings (SSSR count). The first-order valence-electron chi connectivity index (χ1n) is 15.3. The van der Waals surface area contributed by atoms with Gasteiger partial charge in [-0.3, -0.25) is 9.11 Å². The van der Waals surface area contributed by atoms with Crippen LogP contribution in [0, 0.1) is 0 Å². The van der Waals surface area contributed by atoms with Crippen LogP contribution in [0.5, 0.6) is 0 Å². The molecule has 0 bridgehead atoms. The fourth-order valence-electron chi connectivity index (χ4n) is 5.06. The number of anilines is 10. The van der Waals surface area contributed by atoms with E-state index >= 15 is 0 Å². The van der Waals surface area contributed by atoms with E-state index in [4.69, 9.17) is 11.5 Å². The van der Waals surface area contributed by atoms with Gasteiger partial charge in [0.25, 0.3) is 20.2 Å². The molecule has 0 saturated carbocycles. The van der Waals surface area contributed by atoms with E-state index in [1.807, 2.05) is 48.5 Å². The van der Waals surface area contributed by atoms with Gasteiger partial charge < -0.3 is 32.7 Å². The van der Waals surface area contributed by atoms with Crippen LogP contribution in [0.15, 0.2) is 125 Å². The van der Waals surface area contributed by atoms with E-state index in [0.29, 0.717) is 28.4 Å². The fraction of sp³-hybridized carbons (Fsp3) is 0. The highest BCUT2D eigenvalue weighted by molar-refractivity contribution is 7.86. The van der Waals surface area contributed by atoms with Crippen LogP contribution in [-0.2, 0) is 20.2 Å². The lowest BCUT2D eigenvalue weighted by Crippen LogP contribution is -2.08. The second-order valence-electron chi connectivity index (χ2n) is 11.2. The zero-order valence-electron chi connectivity index (χ0n) is 27.0. The molecule has 0 aliphatic carbocycles. The van der Waals surface area contributed by atoms with Crippen molar-refractivity contribution in [1.82, 2.24) is 15.0 Å². The fourth-order valence-corrected chi connectivity index (χ4v) is 6.48. The lowest BCUT2D eigenvalue weighted by molar-refractivity contribution is 0.480. The summed E-state index contributed by atoms with van der Waals surface area (Å²) in [6.07, 6.45) is 2.58. The molecule has 10 N–H and O–H groups in total. The number of nitrogens with zero attached hydrogens (tertiary/aromatic N) is 3. The molecule has 1 aromatic heterocycles. The van der Waals surface area contributed by atoms with Crippen LogP contribution < -0.4 is 32.7 Å². The molecule has 264 valence electrons. The molecule has 6 aromatic rings. The Morgan fingerprint density at radius 1 is 0.481 bits per heavy atom. The first-order valence-corrected chi connectivity index (χ1v) is 18.2. The van der Waals surface area contributed by atoms with Gasteiger partial charge >= 0.3 is 0 Å². The topological polar surface area (TPSA) is 248 Å². The highest BCUT2D eigenvalue weighted by atomic mass is 32.2. The lowest BCUT2D eigenvalue weighted by Gasteiger charge is -2.13. The Labute approximate surface area is 299 Å². The summed E-state index contributed by atoms with van der Waals surface area (Å²) in [5, 5.41) is 12.2. The normalized spacial score (nSPS) is 11.7. The first kappa shape index (κ1) is 35.3. The number of hydrogen-bond acceptors (Lipinski definition) is 13. The van der Waals surface area contributed by atoms with Gasteiger partial charge in [0.1, 0.15) is 9.79 Å². The molecule has 0 spiro atoms. The second kappa shape index (κ2) is 14.8. The second-order valence-corrected chi connectivity index (χ2v) is 14.0. The number of nitrogens with one attached hydrogen (secondary N) is 4. The summed E-state index contributed by atoms with van der Waals surface area (Å²) in [6.45, 7) is 0.